The lowest BCUT2D eigenvalue weighted by Gasteiger charge is -2.22. The second-order valence-corrected chi connectivity index (χ2v) is 6.10. The van der Waals surface area contributed by atoms with Gasteiger partial charge in [0, 0.05) is 18.5 Å². The lowest BCUT2D eigenvalue weighted by molar-refractivity contribution is 0.398. The zero-order chi connectivity index (χ0) is 14.6. The van der Waals surface area contributed by atoms with Crippen LogP contribution in [0.4, 0.5) is 5.69 Å². The molecule has 0 saturated heterocycles. The minimum absolute atomic E-state index is 0.209. The van der Waals surface area contributed by atoms with Crippen LogP contribution in [0.5, 0.6) is 5.88 Å². The van der Waals surface area contributed by atoms with Crippen LogP contribution in [0.1, 0.15) is 5.56 Å². The highest BCUT2D eigenvalue weighted by atomic mass is 32.2. The predicted molar refractivity (Wildman–Crippen MR) is 76.1 cm³/mol. The SMILES string of the molecule is COc1ccc(N(Cc2cccnc2)S(C)(=O)=O)cn1. The van der Waals surface area contributed by atoms with E-state index in [2.05, 4.69) is 9.97 Å². The molecule has 0 N–H and O–H groups in total. The van der Waals surface area contributed by atoms with E-state index in [9.17, 15) is 8.42 Å². The molecule has 0 spiro atoms. The van der Waals surface area contributed by atoms with Gasteiger partial charge >= 0.3 is 0 Å². The Morgan fingerprint density at radius 3 is 2.55 bits per heavy atom. The number of methoxy groups -OCH3 is 1. The zero-order valence-corrected chi connectivity index (χ0v) is 12.0. The molecule has 0 bridgehead atoms. The number of rotatable bonds is 5. The molecule has 106 valence electrons. The normalized spacial score (nSPS) is 11.1. The maximum absolute atomic E-state index is 11.9. The van der Waals surface area contributed by atoms with Crippen LogP contribution < -0.4 is 9.04 Å². The number of ether oxygens (including phenoxy) is 1. The fourth-order valence-electron chi connectivity index (χ4n) is 1.70. The van der Waals surface area contributed by atoms with Crippen LogP contribution in [0.25, 0.3) is 0 Å². The Balaban J connectivity index is 2.33. The van der Waals surface area contributed by atoms with Crippen molar-refractivity contribution in [3.05, 3.63) is 48.4 Å². The molecule has 0 radical (unpaired) electrons. The summed E-state index contributed by atoms with van der Waals surface area (Å²) in [5.74, 6) is 0.434. The van der Waals surface area contributed by atoms with Crippen molar-refractivity contribution >= 4 is 15.7 Å². The molecule has 6 nitrogen and oxygen atoms in total. The Bertz CT molecular complexity index is 657. The summed E-state index contributed by atoms with van der Waals surface area (Å²) in [6, 6.07) is 6.87. The highest BCUT2D eigenvalue weighted by molar-refractivity contribution is 7.92. The van der Waals surface area contributed by atoms with E-state index in [1.807, 2.05) is 6.07 Å². The Morgan fingerprint density at radius 2 is 2.05 bits per heavy atom. The van der Waals surface area contributed by atoms with Crippen molar-refractivity contribution in [2.24, 2.45) is 0 Å². The first-order valence-corrected chi connectivity index (χ1v) is 7.72. The summed E-state index contributed by atoms with van der Waals surface area (Å²) in [5.41, 5.74) is 1.28. The first-order chi connectivity index (χ1) is 9.50. The van der Waals surface area contributed by atoms with E-state index in [4.69, 9.17) is 4.74 Å². The van der Waals surface area contributed by atoms with E-state index in [1.54, 1.807) is 30.6 Å². The number of hydrogen-bond acceptors (Lipinski definition) is 5. The molecule has 0 unspecified atom stereocenters. The topological polar surface area (TPSA) is 72.4 Å². The van der Waals surface area contributed by atoms with Gasteiger partial charge in [0.1, 0.15) is 0 Å². The molecule has 0 aliphatic heterocycles. The third kappa shape index (κ3) is 3.45. The van der Waals surface area contributed by atoms with Gasteiger partial charge in [-0.2, -0.15) is 0 Å². The van der Waals surface area contributed by atoms with Gasteiger partial charge in [0.05, 0.1) is 31.8 Å². The van der Waals surface area contributed by atoms with Crippen LogP contribution >= 0.6 is 0 Å². The van der Waals surface area contributed by atoms with E-state index >= 15 is 0 Å². The van der Waals surface area contributed by atoms with Gasteiger partial charge in [0.2, 0.25) is 15.9 Å². The van der Waals surface area contributed by atoms with Crippen molar-refractivity contribution < 1.29 is 13.2 Å². The van der Waals surface area contributed by atoms with Crippen molar-refractivity contribution in [1.82, 2.24) is 9.97 Å². The summed E-state index contributed by atoms with van der Waals surface area (Å²) in [6.45, 7) is 0.209. The number of anilines is 1. The predicted octanol–water partition coefficient (Wildman–Crippen LogP) is 1.45. The van der Waals surface area contributed by atoms with Crippen molar-refractivity contribution in [2.75, 3.05) is 17.7 Å². The van der Waals surface area contributed by atoms with Crippen LogP contribution in [-0.4, -0.2) is 31.8 Å². The summed E-state index contributed by atoms with van der Waals surface area (Å²) in [6.07, 6.45) is 5.90. The van der Waals surface area contributed by atoms with Crippen LogP contribution in [0, 0.1) is 0 Å². The monoisotopic (exact) mass is 293 g/mol. The summed E-state index contributed by atoms with van der Waals surface area (Å²) >= 11 is 0. The van der Waals surface area contributed by atoms with Gasteiger partial charge in [-0.1, -0.05) is 6.07 Å². The molecule has 0 atom stereocenters. The van der Waals surface area contributed by atoms with Gasteiger partial charge in [-0.25, -0.2) is 13.4 Å². The third-order valence-electron chi connectivity index (χ3n) is 2.67. The summed E-state index contributed by atoms with van der Waals surface area (Å²) in [4.78, 5) is 8.01. The Labute approximate surface area is 118 Å². The second kappa shape index (κ2) is 5.87. The van der Waals surface area contributed by atoms with E-state index in [0.29, 0.717) is 11.6 Å². The fraction of sp³-hybridized carbons (Fsp3) is 0.231. The minimum atomic E-state index is -3.41. The molecule has 2 aromatic heterocycles. The molecule has 2 rings (SSSR count). The van der Waals surface area contributed by atoms with Gasteiger partial charge in [-0.3, -0.25) is 9.29 Å². The standard InChI is InChI=1S/C13H15N3O3S/c1-19-13-6-5-12(9-15-13)16(20(2,17)18)10-11-4-3-7-14-8-11/h3-9H,10H2,1-2H3. The highest BCUT2D eigenvalue weighted by Gasteiger charge is 2.18. The number of aromatic nitrogens is 2. The van der Waals surface area contributed by atoms with Crippen LogP contribution in [0.3, 0.4) is 0 Å². The summed E-state index contributed by atoms with van der Waals surface area (Å²) in [5, 5.41) is 0. The molecule has 0 fully saturated rings. The van der Waals surface area contributed by atoms with Crippen molar-refractivity contribution in [2.45, 2.75) is 6.54 Å². The molecular weight excluding hydrogens is 278 g/mol. The van der Waals surface area contributed by atoms with E-state index < -0.39 is 10.0 Å². The molecule has 2 aromatic rings. The highest BCUT2D eigenvalue weighted by Crippen LogP contribution is 2.21. The lowest BCUT2D eigenvalue weighted by atomic mass is 10.3. The van der Waals surface area contributed by atoms with Gasteiger partial charge in [0.25, 0.3) is 0 Å². The average molecular weight is 293 g/mol. The second-order valence-electron chi connectivity index (χ2n) is 4.19. The van der Waals surface area contributed by atoms with Crippen LogP contribution in [0.2, 0.25) is 0 Å². The Kier molecular flexibility index (Phi) is 4.19. The Hall–Kier alpha value is -2.15. The maximum atomic E-state index is 11.9. The van der Waals surface area contributed by atoms with Gasteiger partial charge < -0.3 is 4.74 Å². The maximum Gasteiger partial charge on any atom is 0.232 e. The molecule has 20 heavy (non-hydrogen) atoms. The van der Waals surface area contributed by atoms with E-state index in [-0.39, 0.29) is 6.54 Å². The third-order valence-corrected chi connectivity index (χ3v) is 3.81. The summed E-state index contributed by atoms with van der Waals surface area (Å²) < 4.78 is 30.1. The largest absolute Gasteiger partial charge is 0.481 e. The first-order valence-electron chi connectivity index (χ1n) is 5.87. The number of nitrogens with zero attached hydrogens (tertiary/aromatic N) is 3. The molecule has 0 aromatic carbocycles. The van der Waals surface area contributed by atoms with Crippen molar-refractivity contribution in [3.8, 4) is 5.88 Å². The molecule has 2 heterocycles. The molecular formula is C13H15N3O3S. The number of sulfonamides is 1. The average Bonchev–Trinajstić information content (AvgIpc) is 2.45. The minimum Gasteiger partial charge on any atom is -0.481 e. The van der Waals surface area contributed by atoms with Crippen molar-refractivity contribution in [1.29, 1.82) is 0 Å². The molecule has 0 amide bonds. The van der Waals surface area contributed by atoms with Crippen molar-refractivity contribution in [3.63, 3.8) is 0 Å². The van der Waals surface area contributed by atoms with Gasteiger partial charge in [0.15, 0.2) is 0 Å². The summed E-state index contributed by atoms with van der Waals surface area (Å²) in [7, 11) is -1.91. The molecule has 0 aliphatic rings. The van der Waals surface area contributed by atoms with Crippen LogP contribution in [-0.2, 0) is 16.6 Å². The first kappa shape index (κ1) is 14.3. The van der Waals surface area contributed by atoms with E-state index in [1.165, 1.54) is 17.6 Å². The number of pyridine rings is 2. The lowest BCUT2D eigenvalue weighted by Crippen LogP contribution is -2.29. The van der Waals surface area contributed by atoms with Gasteiger partial charge in [-0.15, -0.1) is 0 Å². The molecule has 7 heteroatoms. The van der Waals surface area contributed by atoms with Crippen LogP contribution in [0.15, 0.2) is 42.9 Å². The van der Waals surface area contributed by atoms with E-state index in [0.717, 1.165) is 11.8 Å². The Morgan fingerprint density at radius 1 is 1.25 bits per heavy atom. The molecule has 0 aliphatic carbocycles. The molecule has 0 saturated carbocycles. The zero-order valence-electron chi connectivity index (χ0n) is 11.2. The van der Waals surface area contributed by atoms with Gasteiger partial charge in [-0.05, 0) is 17.7 Å². The fourth-order valence-corrected chi connectivity index (χ4v) is 2.57. The quantitative estimate of drug-likeness (QED) is 0.834. The number of hydrogen-bond donors (Lipinski definition) is 0. The smallest absolute Gasteiger partial charge is 0.232 e.